The molecule has 5 unspecified atom stereocenters. The summed E-state index contributed by atoms with van der Waals surface area (Å²) in [6, 6.07) is 0.770. The van der Waals surface area contributed by atoms with Crippen LogP contribution in [0.4, 0.5) is 0 Å². The lowest BCUT2D eigenvalue weighted by atomic mass is 9.67. The molecular weight excluding hydrogens is 250 g/mol. The summed E-state index contributed by atoms with van der Waals surface area (Å²) in [5.74, 6) is 0.723. The molecule has 2 aliphatic rings. The van der Waals surface area contributed by atoms with E-state index in [2.05, 4.69) is 39.6 Å². The van der Waals surface area contributed by atoms with Gasteiger partial charge in [-0.1, -0.05) is 27.2 Å². The molecule has 1 saturated heterocycles. The maximum Gasteiger partial charge on any atom is 0.0703 e. The Bertz CT molecular complexity index is 318. The zero-order chi connectivity index (χ0) is 14.9. The monoisotopic (exact) mass is 283 g/mol. The highest BCUT2D eigenvalue weighted by molar-refractivity contribution is 4.94. The summed E-state index contributed by atoms with van der Waals surface area (Å²) < 4.78 is 5.70. The first-order chi connectivity index (χ1) is 9.36. The van der Waals surface area contributed by atoms with E-state index in [9.17, 15) is 5.11 Å². The molecule has 1 aliphatic heterocycles. The largest absolute Gasteiger partial charge is 0.391 e. The Labute approximate surface area is 124 Å². The van der Waals surface area contributed by atoms with Crippen LogP contribution in [0.5, 0.6) is 0 Å². The van der Waals surface area contributed by atoms with Gasteiger partial charge in [-0.2, -0.15) is 0 Å². The molecular formula is C17H33NO2. The molecule has 118 valence electrons. The predicted octanol–water partition coefficient (Wildman–Crippen LogP) is 3.06. The summed E-state index contributed by atoms with van der Waals surface area (Å²) in [5.41, 5.74) is 0.386. The lowest BCUT2D eigenvalue weighted by Gasteiger charge is -2.46. The molecule has 3 heteroatoms. The van der Waals surface area contributed by atoms with Crippen molar-refractivity contribution in [3.63, 3.8) is 0 Å². The second kappa shape index (κ2) is 6.33. The van der Waals surface area contributed by atoms with Crippen LogP contribution in [0.3, 0.4) is 0 Å². The SMILES string of the molecule is CCC(C)(C)C1CCC(O)C(N(C)C2CCOC2C)C1. The van der Waals surface area contributed by atoms with Gasteiger partial charge in [0.2, 0.25) is 0 Å². The van der Waals surface area contributed by atoms with Crippen LogP contribution in [-0.4, -0.2) is 48.0 Å². The van der Waals surface area contributed by atoms with Gasteiger partial charge < -0.3 is 9.84 Å². The van der Waals surface area contributed by atoms with Crippen molar-refractivity contribution in [2.24, 2.45) is 11.3 Å². The first-order valence-electron chi connectivity index (χ1n) is 8.38. The van der Waals surface area contributed by atoms with Crippen molar-refractivity contribution < 1.29 is 9.84 Å². The third-order valence-electron chi connectivity index (χ3n) is 6.18. The minimum atomic E-state index is -0.170. The first-order valence-corrected chi connectivity index (χ1v) is 8.38. The van der Waals surface area contributed by atoms with Crippen LogP contribution in [0.25, 0.3) is 0 Å². The van der Waals surface area contributed by atoms with Crippen LogP contribution in [-0.2, 0) is 4.74 Å². The Hall–Kier alpha value is -0.120. The second-order valence-electron chi connectivity index (χ2n) is 7.58. The van der Waals surface area contributed by atoms with Crippen molar-refractivity contribution in [3.05, 3.63) is 0 Å². The van der Waals surface area contributed by atoms with E-state index in [-0.39, 0.29) is 6.10 Å². The van der Waals surface area contributed by atoms with E-state index < -0.39 is 0 Å². The van der Waals surface area contributed by atoms with Gasteiger partial charge >= 0.3 is 0 Å². The highest BCUT2D eigenvalue weighted by Crippen LogP contribution is 2.42. The van der Waals surface area contributed by atoms with Crippen molar-refractivity contribution >= 4 is 0 Å². The smallest absolute Gasteiger partial charge is 0.0703 e. The fourth-order valence-electron chi connectivity index (χ4n) is 4.07. The Balaban J connectivity index is 2.05. The standard InChI is InChI=1S/C17H33NO2/c1-6-17(3,4)13-7-8-16(19)15(11-13)18(5)14-9-10-20-12(14)2/h12-16,19H,6-11H2,1-5H3. The molecule has 0 aromatic carbocycles. The van der Waals surface area contributed by atoms with E-state index in [0.717, 1.165) is 31.8 Å². The fourth-order valence-corrected chi connectivity index (χ4v) is 4.07. The summed E-state index contributed by atoms with van der Waals surface area (Å²) in [4.78, 5) is 2.42. The van der Waals surface area contributed by atoms with Crippen LogP contribution in [0.1, 0.15) is 59.8 Å². The van der Waals surface area contributed by atoms with Crippen molar-refractivity contribution in [1.29, 1.82) is 0 Å². The molecule has 2 rings (SSSR count). The van der Waals surface area contributed by atoms with Gasteiger partial charge in [0, 0.05) is 18.7 Å². The molecule has 5 atom stereocenters. The molecule has 1 heterocycles. The van der Waals surface area contributed by atoms with Crippen LogP contribution in [0, 0.1) is 11.3 Å². The molecule has 0 aromatic rings. The highest BCUT2D eigenvalue weighted by atomic mass is 16.5. The molecule has 1 aliphatic carbocycles. The van der Waals surface area contributed by atoms with E-state index in [0.29, 0.717) is 23.6 Å². The third-order valence-corrected chi connectivity index (χ3v) is 6.18. The van der Waals surface area contributed by atoms with Crippen LogP contribution >= 0.6 is 0 Å². The minimum absolute atomic E-state index is 0.170. The molecule has 2 fully saturated rings. The van der Waals surface area contributed by atoms with Crippen molar-refractivity contribution in [3.8, 4) is 0 Å². The number of likely N-dealkylation sites (N-methyl/N-ethyl adjacent to an activating group) is 1. The maximum atomic E-state index is 10.5. The number of aliphatic hydroxyl groups excluding tert-OH is 1. The van der Waals surface area contributed by atoms with Crippen molar-refractivity contribution in [2.45, 2.75) is 84.1 Å². The highest BCUT2D eigenvalue weighted by Gasteiger charge is 2.41. The number of hydrogen-bond donors (Lipinski definition) is 1. The molecule has 1 saturated carbocycles. The number of ether oxygens (including phenoxy) is 1. The summed E-state index contributed by atoms with van der Waals surface area (Å²) in [6.07, 6.45) is 5.69. The fraction of sp³-hybridized carbons (Fsp3) is 1.00. The first kappa shape index (κ1) is 16.3. The Morgan fingerprint density at radius 1 is 1.20 bits per heavy atom. The van der Waals surface area contributed by atoms with Gasteiger partial charge in [-0.25, -0.2) is 0 Å². The van der Waals surface area contributed by atoms with Crippen molar-refractivity contribution in [1.82, 2.24) is 4.90 Å². The van der Waals surface area contributed by atoms with E-state index in [1.165, 1.54) is 12.8 Å². The number of rotatable bonds is 4. The van der Waals surface area contributed by atoms with Gasteiger partial charge in [0.15, 0.2) is 0 Å². The molecule has 0 amide bonds. The van der Waals surface area contributed by atoms with Crippen molar-refractivity contribution in [2.75, 3.05) is 13.7 Å². The summed E-state index contributed by atoms with van der Waals surface area (Å²) in [5, 5.41) is 10.5. The van der Waals surface area contributed by atoms with Gasteiger partial charge in [0.25, 0.3) is 0 Å². The minimum Gasteiger partial charge on any atom is -0.391 e. The molecule has 1 N–H and O–H groups in total. The number of nitrogens with zero attached hydrogens (tertiary/aromatic N) is 1. The van der Waals surface area contributed by atoms with Gasteiger partial charge in [0.1, 0.15) is 0 Å². The zero-order valence-electron chi connectivity index (χ0n) is 13.9. The van der Waals surface area contributed by atoms with Gasteiger partial charge in [-0.3, -0.25) is 4.90 Å². The average molecular weight is 283 g/mol. The van der Waals surface area contributed by atoms with E-state index in [4.69, 9.17) is 4.74 Å². The lowest BCUT2D eigenvalue weighted by molar-refractivity contribution is -0.0359. The van der Waals surface area contributed by atoms with Crippen LogP contribution in [0.15, 0.2) is 0 Å². The molecule has 0 bridgehead atoms. The molecule has 0 spiro atoms. The van der Waals surface area contributed by atoms with E-state index in [1.807, 2.05) is 0 Å². The Kier molecular flexibility index (Phi) is 5.14. The van der Waals surface area contributed by atoms with Gasteiger partial charge in [-0.05, 0) is 51.0 Å². The van der Waals surface area contributed by atoms with Gasteiger partial charge in [0.05, 0.1) is 12.2 Å². The average Bonchev–Trinajstić information content (AvgIpc) is 2.84. The summed E-state index contributed by atoms with van der Waals surface area (Å²) in [7, 11) is 2.19. The molecule has 0 aromatic heterocycles. The molecule has 3 nitrogen and oxygen atoms in total. The number of aliphatic hydroxyl groups is 1. The van der Waals surface area contributed by atoms with Crippen LogP contribution in [0.2, 0.25) is 0 Å². The zero-order valence-corrected chi connectivity index (χ0v) is 13.9. The van der Waals surface area contributed by atoms with E-state index >= 15 is 0 Å². The Morgan fingerprint density at radius 2 is 1.90 bits per heavy atom. The normalized spacial score (nSPS) is 39.5. The van der Waals surface area contributed by atoms with Crippen LogP contribution < -0.4 is 0 Å². The summed E-state index contributed by atoms with van der Waals surface area (Å²) >= 11 is 0. The second-order valence-corrected chi connectivity index (χ2v) is 7.58. The van der Waals surface area contributed by atoms with Gasteiger partial charge in [-0.15, -0.1) is 0 Å². The Morgan fingerprint density at radius 3 is 2.45 bits per heavy atom. The predicted molar refractivity (Wildman–Crippen MR) is 82.8 cm³/mol. The molecule has 20 heavy (non-hydrogen) atoms. The lowest BCUT2D eigenvalue weighted by Crippen LogP contribution is -2.52. The quantitative estimate of drug-likeness (QED) is 0.860. The molecule has 0 radical (unpaired) electrons. The third kappa shape index (κ3) is 3.20. The number of hydrogen-bond acceptors (Lipinski definition) is 3. The maximum absolute atomic E-state index is 10.5. The summed E-state index contributed by atoms with van der Waals surface area (Å²) in [6.45, 7) is 10.1. The van der Waals surface area contributed by atoms with E-state index in [1.54, 1.807) is 0 Å². The topological polar surface area (TPSA) is 32.7 Å².